The molecule has 2 atom stereocenters. The highest BCUT2D eigenvalue weighted by Gasteiger charge is 2.22. The number of hydrogen-bond acceptors (Lipinski definition) is 3. The Morgan fingerprint density at radius 1 is 1.65 bits per heavy atom. The van der Waals surface area contributed by atoms with Crippen LogP contribution in [0.2, 0.25) is 0 Å². The molecule has 4 heteroatoms. The summed E-state index contributed by atoms with van der Waals surface area (Å²) in [4.78, 5) is 0. The van der Waals surface area contributed by atoms with Gasteiger partial charge >= 0.3 is 0 Å². The van der Waals surface area contributed by atoms with Gasteiger partial charge in [-0.1, -0.05) is 6.92 Å². The van der Waals surface area contributed by atoms with Gasteiger partial charge in [-0.05, 0) is 32.2 Å². The number of nitrogens with one attached hydrogen (secondary N) is 1. The average molecular weight is 237 g/mol. The summed E-state index contributed by atoms with van der Waals surface area (Å²) >= 11 is 0. The van der Waals surface area contributed by atoms with Gasteiger partial charge in [0.05, 0.1) is 12.3 Å². The molecule has 2 unspecified atom stereocenters. The highest BCUT2D eigenvalue weighted by atomic mass is 16.5. The summed E-state index contributed by atoms with van der Waals surface area (Å²) < 4.78 is 7.59. The fourth-order valence-corrected chi connectivity index (χ4v) is 2.37. The molecule has 0 spiro atoms. The molecule has 0 saturated carbocycles. The van der Waals surface area contributed by atoms with Gasteiger partial charge in [0.15, 0.2) is 0 Å². The minimum absolute atomic E-state index is 0.381. The minimum atomic E-state index is 0.381. The molecule has 0 aliphatic carbocycles. The van der Waals surface area contributed by atoms with Gasteiger partial charge in [0, 0.05) is 31.5 Å². The van der Waals surface area contributed by atoms with Crippen LogP contribution in [0.4, 0.5) is 0 Å². The predicted octanol–water partition coefficient (Wildman–Crippen LogP) is 2.03. The van der Waals surface area contributed by atoms with Gasteiger partial charge in [-0.3, -0.25) is 4.68 Å². The van der Waals surface area contributed by atoms with E-state index in [0.717, 1.165) is 26.0 Å². The van der Waals surface area contributed by atoms with E-state index in [0.29, 0.717) is 12.1 Å². The topological polar surface area (TPSA) is 39.1 Å². The Kier molecular flexibility index (Phi) is 4.57. The Hall–Kier alpha value is -0.870. The SMILES string of the molecule is CCCNC(CC1CCCO1)c1cnn(C)c1. The Balaban J connectivity index is 1.96. The third kappa shape index (κ3) is 3.54. The molecule has 2 rings (SSSR count). The van der Waals surface area contributed by atoms with Gasteiger partial charge in [-0.15, -0.1) is 0 Å². The van der Waals surface area contributed by atoms with E-state index in [1.54, 1.807) is 0 Å². The average Bonchev–Trinajstić information content (AvgIpc) is 2.95. The lowest BCUT2D eigenvalue weighted by atomic mass is 10.0. The summed E-state index contributed by atoms with van der Waals surface area (Å²) in [6, 6.07) is 0.381. The van der Waals surface area contributed by atoms with Crippen LogP contribution in [-0.4, -0.2) is 29.0 Å². The van der Waals surface area contributed by atoms with Crippen molar-refractivity contribution < 1.29 is 4.74 Å². The number of ether oxygens (including phenoxy) is 1. The van der Waals surface area contributed by atoms with Crippen molar-refractivity contribution >= 4 is 0 Å². The van der Waals surface area contributed by atoms with Crippen LogP contribution >= 0.6 is 0 Å². The van der Waals surface area contributed by atoms with Crippen LogP contribution in [0.15, 0.2) is 12.4 Å². The highest BCUT2D eigenvalue weighted by molar-refractivity contribution is 5.10. The smallest absolute Gasteiger partial charge is 0.0594 e. The van der Waals surface area contributed by atoms with Crippen LogP contribution in [0.5, 0.6) is 0 Å². The van der Waals surface area contributed by atoms with E-state index < -0.39 is 0 Å². The van der Waals surface area contributed by atoms with Crippen molar-refractivity contribution in [1.29, 1.82) is 0 Å². The van der Waals surface area contributed by atoms with E-state index in [-0.39, 0.29) is 0 Å². The molecule has 0 bridgehead atoms. The largest absolute Gasteiger partial charge is 0.378 e. The molecular formula is C13H23N3O. The lowest BCUT2D eigenvalue weighted by Gasteiger charge is -2.20. The molecule has 1 aromatic rings. The van der Waals surface area contributed by atoms with Gasteiger partial charge in [-0.2, -0.15) is 5.10 Å². The van der Waals surface area contributed by atoms with Crippen molar-refractivity contribution in [3.05, 3.63) is 18.0 Å². The number of hydrogen-bond donors (Lipinski definition) is 1. The maximum Gasteiger partial charge on any atom is 0.0594 e. The second-order valence-electron chi connectivity index (χ2n) is 4.82. The normalized spacial score (nSPS) is 21.9. The minimum Gasteiger partial charge on any atom is -0.378 e. The third-order valence-corrected chi connectivity index (χ3v) is 3.29. The highest BCUT2D eigenvalue weighted by Crippen LogP contribution is 2.24. The maximum absolute atomic E-state index is 5.72. The van der Waals surface area contributed by atoms with E-state index in [4.69, 9.17) is 4.74 Å². The molecule has 0 aromatic carbocycles. The number of aromatic nitrogens is 2. The van der Waals surface area contributed by atoms with Crippen molar-refractivity contribution in [1.82, 2.24) is 15.1 Å². The Morgan fingerprint density at radius 3 is 3.12 bits per heavy atom. The first-order chi connectivity index (χ1) is 8.29. The summed E-state index contributed by atoms with van der Waals surface area (Å²) in [5, 5.41) is 7.85. The van der Waals surface area contributed by atoms with Crippen LogP contribution in [0.3, 0.4) is 0 Å². The maximum atomic E-state index is 5.72. The van der Waals surface area contributed by atoms with Gasteiger partial charge in [0.25, 0.3) is 0 Å². The zero-order valence-corrected chi connectivity index (χ0v) is 10.9. The molecule has 0 radical (unpaired) electrons. The zero-order valence-electron chi connectivity index (χ0n) is 10.9. The zero-order chi connectivity index (χ0) is 12.1. The van der Waals surface area contributed by atoms with Crippen molar-refractivity contribution in [3.8, 4) is 0 Å². The monoisotopic (exact) mass is 237 g/mol. The quantitative estimate of drug-likeness (QED) is 0.823. The fraction of sp³-hybridized carbons (Fsp3) is 0.769. The molecule has 0 amide bonds. The van der Waals surface area contributed by atoms with E-state index >= 15 is 0 Å². The number of rotatable bonds is 6. The Bertz CT molecular complexity index is 331. The fourth-order valence-electron chi connectivity index (χ4n) is 2.37. The van der Waals surface area contributed by atoms with Crippen LogP contribution < -0.4 is 5.32 Å². The van der Waals surface area contributed by atoms with Gasteiger partial charge in [-0.25, -0.2) is 0 Å². The summed E-state index contributed by atoms with van der Waals surface area (Å²) in [6.07, 6.45) is 9.10. The van der Waals surface area contributed by atoms with E-state index in [1.165, 1.54) is 18.4 Å². The standard InChI is InChI=1S/C13H23N3O/c1-3-6-14-13(8-12-5-4-7-17-12)11-9-15-16(2)10-11/h9-10,12-14H,3-8H2,1-2H3. The van der Waals surface area contributed by atoms with E-state index in [1.807, 2.05) is 17.9 Å². The number of aryl methyl sites for hydroxylation is 1. The van der Waals surface area contributed by atoms with E-state index in [9.17, 15) is 0 Å². The van der Waals surface area contributed by atoms with Crippen LogP contribution in [0.25, 0.3) is 0 Å². The summed E-state index contributed by atoms with van der Waals surface area (Å²) in [6.45, 7) is 4.17. The van der Waals surface area contributed by atoms with E-state index in [2.05, 4.69) is 23.5 Å². The lowest BCUT2D eigenvalue weighted by molar-refractivity contribution is 0.0945. The second-order valence-corrected chi connectivity index (χ2v) is 4.82. The van der Waals surface area contributed by atoms with Gasteiger partial charge in [0.1, 0.15) is 0 Å². The van der Waals surface area contributed by atoms with Gasteiger partial charge in [0.2, 0.25) is 0 Å². The predicted molar refractivity (Wildman–Crippen MR) is 67.8 cm³/mol. The lowest BCUT2D eigenvalue weighted by Crippen LogP contribution is -2.25. The molecule has 1 fully saturated rings. The summed E-state index contributed by atoms with van der Waals surface area (Å²) in [5.41, 5.74) is 1.27. The first-order valence-electron chi connectivity index (χ1n) is 6.63. The molecule has 1 aromatic heterocycles. The molecule has 17 heavy (non-hydrogen) atoms. The second kappa shape index (κ2) is 6.17. The Labute approximate surface area is 103 Å². The third-order valence-electron chi connectivity index (χ3n) is 3.29. The molecule has 4 nitrogen and oxygen atoms in total. The molecule has 1 aliphatic rings. The van der Waals surface area contributed by atoms with Crippen molar-refractivity contribution in [2.75, 3.05) is 13.2 Å². The molecule has 96 valence electrons. The van der Waals surface area contributed by atoms with Gasteiger partial charge < -0.3 is 10.1 Å². The number of nitrogens with zero attached hydrogens (tertiary/aromatic N) is 2. The van der Waals surface area contributed by atoms with Crippen molar-refractivity contribution in [2.24, 2.45) is 7.05 Å². The molecule has 1 saturated heterocycles. The van der Waals surface area contributed by atoms with Crippen LogP contribution in [0.1, 0.15) is 44.2 Å². The molecule has 2 heterocycles. The summed E-state index contributed by atoms with van der Waals surface area (Å²) in [7, 11) is 1.96. The summed E-state index contributed by atoms with van der Waals surface area (Å²) in [5.74, 6) is 0. The van der Waals surface area contributed by atoms with Crippen molar-refractivity contribution in [2.45, 2.75) is 44.8 Å². The molecular weight excluding hydrogens is 214 g/mol. The van der Waals surface area contributed by atoms with Crippen LogP contribution in [0, 0.1) is 0 Å². The van der Waals surface area contributed by atoms with Crippen molar-refractivity contribution in [3.63, 3.8) is 0 Å². The first kappa shape index (κ1) is 12.6. The molecule has 1 N–H and O–H groups in total. The van der Waals surface area contributed by atoms with Crippen LogP contribution in [-0.2, 0) is 11.8 Å². The molecule has 1 aliphatic heterocycles. The first-order valence-corrected chi connectivity index (χ1v) is 6.63. The Morgan fingerprint density at radius 2 is 2.53 bits per heavy atom.